The lowest BCUT2D eigenvalue weighted by molar-refractivity contribution is -0.138. The fraction of sp³-hybridized carbons (Fsp3) is 0.143. The van der Waals surface area contributed by atoms with Crippen molar-refractivity contribution in [1.29, 1.82) is 0 Å². The Balaban J connectivity index is 2.37. The zero-order valence-corrected chi connectivity index (χ0v) is 11.5. The molecule has 0 bridgehead atoms. The summed E-state index contributed by atoms with van der Waals surface area (Å²) < 4.78 is 39.0. The Bertz CT molecular complexity index is 737. The summed E-state index contributed by atoms with van der Waals surface area (Å²) in [6.45, 7) is 0.0131. The topological polar surface area (TPSA) is 48.0 Å². The number of aromatic nitrogens is 1. The molecule has 2 aromatic rings. The van der Waals surface area contributed by atoms with Gasteiger partial charge < -0.3 is 10.3 Å². The van der Waals surface area contributed by atoms with Crippen molar-refractivity contribution in [2.24, 2.45) is 5.73 Å². The van der Waals surface area contributed by atoms with E-state index in [1.165, 1.54) is 0 Å². The summed E-state index contributed by atoms with van der Waals surface area (Å²) in [5.74, 6) is 0. The first kappa shape index (κ1) is 15.2. The minimum absolute atomic E-state index is 0.0131. The van der Waals surface area contributed by atoms with E-state index in [-0.39, 0.29) is 11.5 Å². The van der Waals surface area contributed by atoms with Crippen LogP contribution in [-0.2, 0) is 12.7 Å². The van der Waals surface area contributed by atoms with Gasteiger partial charge in [-0.2, -0.15) is 13.2 Å². The number of hydrogen-bond donors (Lipinski definition) is 1. The van der Waals surface area contributed by atoms with Crippen molar-refractivity contribution in [2.45, 2.75) is 12.7 Å². The molecule has 7 heteroatoms. The van der Waals surface area contributed by atoms with Gasteiger partial charge in [0.1, 0.15) is 4.99 Å². The Labute approximate surface area is 123 Å². The lowest BCUT2D eigenvalue weighted by Gasteiger charge is -2.11. The quantitative estimate of drug-likeness (QED) is 0.886. The van der Waals surface area contributed by atoms with E-state index in [4.69, 9.17) is 18.0 Å². The monoisotopic (exact) mass is 312 g/mol. The first-order valence-electron chi connectivity index (χ1n) is 5.94. The Morgan fingerprint density at radius 2 is 1.95 bits per heavy atom. The van der Waals surface area contributed by atoms with E-state index in [9.17, 15) is 18.0 Å². The molecule has 110 valence electrons. The first-order chi connectivity index (χ1) is 9.77. The first-order valence-corrected chi connectivity index (χ1v) is 6.34. The molecule has 0 saturated carbocycles. The molecule has 1 aromatic carbocycles. The summed E-state index contributed by atoms with van der Waals surface area (Å²) in [5.41, 5.74) is 5.36. The van der Waals surface area contributed by atoms with Gasteiger partial charge in [0.05, 0.1) is 12.1 Å². The highest BCUT2D eigenvalue weighted by atomic mass is 32.1. The average Bonchev–Trinajstić information content (AvgIpc) is 2.40. The van der Waals surface area contributed by atoms with E-state index in [1.807, 2.05) is 0 Å². The smallest absolute Gasteiger partial charge is 0.389 e. The van der Waals surface area contributed by atoms with Gasteiger partial charge in [-0.15, -0.1) is 0 Å². The Morgan fingerprint density at radius 1 is 1.24 bits per heavy atom. The second-order valence-electron chi connectivity index (χ2n) is 4.45. The summed E-state index contributed by atoms with van der Waals surface area (Å²) in [6.07, 6.45) is -3.69. The molecule has 0 aliphatic rings. The van der Waals surface area contributed by atoms with Crippen LogP contribution >= 0.6 is 12.2 Å². The Hall–Kier alpha value is -2.15. The number of nitrogens with two attached hydrogens (primary N) is 1. The summed E-state index contributed by atoms with van der Waals surface area (Å²) >= 11 is 4.84. The molecule has 0 amide bonds. The zero-order chi connectivity index (χ0) is 15.6. The third-order valence-corrected chi connectivity index (χ3v) is 3.11. The van der Waals surface area contributed by atoms with E-state index in [0.29, 0.717) is 11.1 Å². The van der Waals surface area contributed by atoms with Crippen LogP contribution < -0.4 is 11.3 Å². The maximum absolute atomic E-state index is 12.7. The molecule has 0 atom stereocenters. The lowest BCUT2D eigenvalue weighted by Crippen LogP contribution is -2.22. The molecule has 1 aromatic heterocycles. The largest absolute Gasteiger partial charge is 0.417 e. The summed E-state index contributed by atoms with van der Waals surface area (Å²) in [6, 6.07) is 8.39. The molecule has 0 aliphatic carbocycles. The van der Waals surface area contributed by atoms with Crippen molar-refractivity contribution >= 4 is 17.2 Å². The minimum atomic E-state index is -4.49. The van der Waals surface area contributed by atoms with Crippen molar-refractivity contribution in [3.8, 4) is 0 Å². The molecular formula is C14H11F3N2OS. The van der Waals surface area contributed by atoms with Gasteiger partial charge in [0.2, 0.25) is 0 Å². The van der Waals surface area contributed by atoms with Crippen LogP contribution in [0.1, 0.15) is 16.7 Å². The maximum atomic E-state index is 12.7. The summed E-state index contributed by atoms with van der Waals surface area (Å²) in [7, 11) is 0. The van der Waals surface area contributed by atoms with Gasteiger partial charge in [-0.3, -0.25) is 4.79 Å². The van der Waals surface area contributed by atoms with Crippen molar-refractivity contribution in [3.63, 3.8) is 0 Å². The van der Waals surface area contributed by atoms with Crippen LogP contribution in [0.15, 0.2) is 47.4 Å². The zero-order valence-electron chi connectivity index (χ0n) is 10.7. The number of halogens is 3. The molecule has 2 N–H and O–H groups in total. The SMILES string of the molecule is NC(=S)c1cccc(Cn2cc(C(F)(F)F)ccc2=O)c1. The summed E-state index contributed by atoms with van der Waals surface area (Å²) in [5, 5.41) is 0. The van der Waals surface area contributed by atoms with Crippen molar-refractivity contribution in [3.05, 3.63) is 69.6 Å². The number of pyridine rings is 1. The van der Waals surface area contributed by atoms with Gasteiger partial charge in [0.15, 0.2) is 0 Å². The molecule has 0 radical (unpaired) electrons. The fourth-order valence-electron chi connectivity index (χ4n) is 1.84. The van der Waals surface area contributed by atoms with Crippen molar-refractivity contribution in [2.75, 3.05) is 0 Å². The molecule has 0 unspecified atom stereocenters. The Kier molecular flexibility index (Phi) is 4.13. The van der Waals surface area contributed by atoms with Gasteiger partial charge in [-0.05, 0) is 17.7 Å². The second-order valence-corrected chi connectivity index (χ2v) is 4.89. The van der Waals surface area contributed by atoms with Gasteiger partial charge >= 0.3 is 6.18 Å². The van der Waals surface area contributed by atoms with Gasteiger partial charge in [0.25, 0.3) is 5.56 Å². The third-order valence-electron chi connectivity index (χ3n) is 2.88. The normalized spacial score (nSPS) is 11.4. The molecular weight excluding hydrogens is 301 g/mol. The molecule has 0 saturated heterocycles. The number of alkyl halides is 3. The minimum Gasteiger partial charge on any atom is -0.389 e. The lowest BCUT2D eigenvalue weighted by atomic mass is 10.1. The van der Waals surface area contributed by atoms with E-state index >= 15 is 0 Å². The maximum Gasteiger partial charge on any atom is 0.417 e. The fourth-order valence-corrected chi connectivity index (χ4v) is 1.97. The highest BCUT2D eigenvalue weighted by Gasteiger charge is 2.31. The predicted molar refractivity (Wildman–Crippen MR) is 77.1 cm³/mol. The van der Waals surface area contributed by atoms with Crippen LogP contribution in [0, 0.1) is 0 Å². The molecule has 3 nitrogen and oxygen atoms in total. The average molecular weight is 312 g/mol. The molecule has 1 heterocycles. The Morgan fingerprint density at radius 3 is 2.57 bits per heavy atom. The van der Waals surface area contributed by atoms with Gasteiger partial charge in [0, 0.05) is 17.8 Å². The highest BCUT2D eigenvalue weighted by molar-refractivity contribution is 7.80. The van der Waals surface area contributed by atoms with Crippen molar-refractivity contribution in [1.82, 2.24) is 4.57 Å². The number of hydrogen-bond acceptors (Lipinski definition) is 2. The van der Waals surface area contributed by atoms with E-state index < -0.39 is 17.3 Å². The van der Waals surface area contributed by atoms with E-state index in [2.05, 4.69) is 0 Å². The van der Waals surface area contributed by atoms with Crippen LogP contribution in [0.5, 0.6) is 0 Å². The van der Waals surface area contributed by atoms with E-state index in [1.54, 1.807) is 24.3 Å². The predicted octanol–water partition coefficient (Wildman–Crippen LogP) is 2.55. The van der Waals surface area contributed by atoms with Gasteiger partial charge in [-0.1, -0.05) is 30.4 Å². The van der Waals surface area contributed by atoms with Crippen LogP contribution in [0.25, 0.3) is 0 Å². The number of benzene rings is 1. The molecule has 21 heavy (non-hydrogen) atoms. The van der Waals surface area contributed by atoms with Crippen molar-refractivity contribution < 1.29 is 13.2 Å². The van der Waals surface area contributed by atoms with Gasteiger partial charge in [-0.25, -0.2) is 0 Å². The van der Waals surface area contributed by atoms with Crippen LogP contribution in [0.4, 0.5) is 13.2 Å². The molecule has 0 spiro atoms. The third kappa shape index (κ3) is 3.69. The van der Waals surface area contributed by atoms with Crippen LogP contribution in [-0.4, -0.2) is 9.56 Å². The number of rotatable bonds is 3. The molecule has 0 aliphatic heterocycles. The van der Waals surface area contributed by atoms with Crippen LogP contribution in [0.2, 0.25) is 0 Å². The molecule has 2 rings (SSSR count). The number of thiocarbonyl (C=S) groups is 1. The standard InChI is InChI=1S/C14H11F3N2OS/c15-14(16,17)11-4-5-12(20)19(8-11)7-9-2-1-3-10(6-9)13(18)21/h1-6,8H,7H2,(H2,18,21). The van der Waals surface area contributed by atoms with E-state index in [0.717, 1.165) is 22.9 Å². The number of nitrogens with zero attached hydrogens (tertiary/aromatic N) is 1. The highest BCUT2D eigenvalue weighted by Crippen LogP contribution is 2.28. The molecule has 0 fully saturated rings. The van der Waals surface area contributed by atoms with Crippen LogP contribution in [0.3, 0.4) is 0 Å². The second kappa shape index (κ2) is 5.69. The summed E-state index contributed by atoms with van der Waals surface area (Å²) in [4.78, 5) is 11.9.